The lowest BCUT2D eigenvalue weighted by molar-refractivity contribution is -0.129. The summed E-state index contributed by atoms with van der Waals surface area (Å²) in [6.07, 6.45) is 5.09. The van der Waals surface area contributed by atoms with Crippen LogP contribution in [0.3, 0.4) is 0 Å². The second-order valence-electron chi connectivity index (χ2n) is 11.4. The van der Waals surface area contributed by atoms with Crippen LogP contribution in [0.1, 0.15) is 36.9 Å². The summed E-state index contributed by atoms with van der Waals surface area (Å²) in [4.78, 5) is 27.9. The summed E-state index contributed by atoms with van der Waals surface area (Å²) in [5, 5.41) is 7.41. The van der Waals surface area contributed by atoms with Crippen LogP contribution in [0.4, 0.5) is 14.6 Å². The van der Waals surface area contributed by atoms with Gasteiger partial charge in [0, 0.05) is 49.2 Å². The van der Waals surface area contributed by atoms with Crippen LogP contribution in [0.5, 0.6) is 0 Å². The molecule has 1 aromatic carbocycles. The molecular formula is C32H31F2N9O. The summed E-state index contributed by atoms with van der Waals surface area (Å²) < 4.78 is 32.6. The van der Waals surface area contributed by atoms with Gasteiger partial charge in [0.25, 0.3) is 0 Å². The summed E-state index contributed by atoms with van der Waals surface area (Å²) in [7, 11) is 0. The van der Waals surface area contributed by atoms with Gasteiger partial charge in [-0.3, -0.25) is 9.36 Å². The van der Waals surface area contributed by atoms with Gasteiger partial charge in [-0.05, 0) is 73.4 Å². The zero-order valence-corrected chi connectivity index (χ0v) is 24.1. The molecule has 0 bridgehead atoms. The van der Waals surface area contributed by atoms with E-state index < -0.39 is 18.2 Å². The molecule has 3 unspecified atom stereocenters. The summed E-state index contributed by atoms with van der Waals surface area (Å²) in [5.41, 5.74) is 10.5. The molecule has 12 heteroatoms. The Morgan fingerprint density at radius 2 is 2.05 bits per heavy atom. The normalized spacial score (nSPS) is 21.5. The minimum Gasteiger partial charge on any atom is -0.383 e. The first-order valence-corrected chi connectivity index (χ1v) is 14.6. The molecule has 3 N–H and O–H groups in total. The molecular weight excluding hydrogens is 564 g/mol. The van der Waals surface area contributed by atoms with Crippen molar-refractivity contribution >= 4 is 22.9 Å². The number of amides is 1. The van der Waals surface area contributed by atoms with Crippen molar-refractivity contribution < 1.29 is 13.6 Å². The number of nitrogens with zero attached hydrogens (tertiary/aromatic N) is 7. The van der Waals surface area contributed by atoms with Crippen LogP contribution in [0, 0.1) is 5.95 Å². The SMILES string of the molecule is C=CC(=O)N1CCC(NC2c3ccc(-n4c(-c5cccnc5N)nc5ccc(-n6ccc(F)n6)nc54)cc3CC2F)C[C@H]1C. The highest BCUT2D eigenvalue weighted by Gasteiger charge is 2.36. The Morgan fingerprint density at radius 3 is 2.80 bits per heavy atom. The highest BCUT2D eigenvalue weighted by molar-refractivity contribution is 5.87. The predicted octanol–water partition coefficient (Wildman–Crippen LogP) is 4.48. The molecule has 4 atom stereocenters. The first kappa shape index (κ1) is 27.8. The van der Waals surface area contributed by atoms with E-state index in [1.807, 2.05) is 40.7 Å². The summed E-state index contributed by atoms with van der Waals surface area (Å²) in [5.74, 6) is 0.564. The summed E-state index contributed by atoms with van der Waals surface area (Å²) in [6, 6.07) is 13.9. The Kier molecular flexibility index (Phi) is 6.92. The number of likely N-dealkylation sites (tertiary alicyclic amines) is 1. The fourth-order valence-corrected chi connectivity index (χ4v) is 6.49. The van der Waals surface area contributed by atoms with Crippen LogP contribution in [0.15, 0.2) is 73.6 Å². The largest absolute Gasteiger partial charge is 0.383 e. The Bertz CT molecular complexity index is 1900. The lowest BCUT2D eigenvalue weighted by Crippen LogP contribution is -2.50. The average Bonchev–Trinajstić information content (AvgIpc) is 3.71. The van der Waals surface area contributed by atoms with Gasteiger partial charge >= 0.3 is 0 Å². The molecule has 1 aliphatic heterocycles. The second-order valence-corrected chi connectivity index (χ2v) is 11.4. The van der Waals surface area contributed by atoms with Crippen molar-refractivity contribution in [1.82, 2.24) is 39.5 Å². The molecule has 5 aromatic rings. The molecule has 10 nitrogen and oxygen atoms in total. The molecule has 1 aliphatic carbocycles. The molecule has 1 amide bonds. The number of alkyl halides is 1. The predicted molar refractivity (Wildman–Crippen MR) is 162 cm³/mol. The average molecular weight is 596 g/mol. The maximum absolute atomic E-state index is 15.6. The number of piperidine rings is 1. The van der Waals surface area contributed by atoms with E-state index in [1.54, 1.807) is 24.4 Å². The number of pyridine rings is 2. The van der Waals surface area contributed by atoms with Crippen molar-refractivity contribution in [1.29, 1.82) is 0 Å². The van der Waals surface area contributed by atoms with Crippen LogP contribution in [0.2, 0.25) is 0 Å². The molecule has 1 saturated heterocycles. The first-order valence-electron chi connectivity index (χ1n) is 14.6. The number of carbonyl (C=O) groups is 1. The number of nitrogen functional groups attached to an aromatic ring is 1. The molecule has 7 rings (SSSR count). The number of aromatic nitrogens is 6. The zero-order valence-electron chi connectivity index (χ0n) is 24.1. The number of hydrogen-bond donors (Lipinski definition) is 2. The number of carbonyl (C=O) groups excluding carboxylic acids is 1. The van der Waals surface area contributed by atoms with Crippen molar-refractivity contribution in [2.24, 2.45) is 0 Å². The Labute approximate surface area is 252 Å². The van der Waals surface area contributed by atoms with E-state index in [0.29, 0.717) is 40.7 Å². The molecule has 2 aliphatic rings. The van der Waals surface area contributed by atoms with Gasteiger partial charge in [-0.15, -0.1) is 5.10 Å². The molecule has 1 fully saturated rings. The highest BCUT2D eigenvalue weighted by atomic mass is 19.1. The number of fused-ring (bicyclic) bond motifs is 2. The molecule has 224 valence electrons. The van der Waals surface area contributed by atoms with Crippen molar-refractivity contribution in [3.63, 3.8) is 0 Å². The van der Waals surface area contributed by atoms with E-state index in [-0.39, 0.29) is 24.4 Å². The second kappa shape index (κ2) is 10.9. The van der Waals surface area contributed by atoms with E-state index in [1.165, 1.54) is 23.0 Å². The number of anilines is 1. The quantitative estimate of drug-likeness (QED) is 0.278. The van der Waals surface area contributed by atoms with Gasteiger partial charge in [0.15, 0.2) is 17.3 Å². The Balaban J connectivity index is 1.26. The monoisotopic (exact) mass is 595 g/mol. The molecule has 0 spiro atoms. The number of imidazole rings is 1. The minimum atomic E-state index is -1.10. The number of halogens is 2. The smallest absolute Gasteiger partial charge is 0.246 e. The van der Waals surface area contributed by atoms with Gasteiger partial charge < -0.3 is 16.0 Å². The lowest BCUT2D eigenvalue weighted by Gasteiger charge is -2.38. The van der Waals surface area contributed by atoms with Gasteiger partial charge in [-0.25, -0.2) is 24.0 Å². The van der Waals surface area contributed by atoms with E-state index in [2.05, 4.69) is 22.0 Å². The van der Waals surface area contributed by atoms with Crippen LogP contribution in [-0.2, 0) is 11.2 Å². The number of benzene rings is 1. The van der Waals surface area contributed by atoms with Gasteiger partial charge in [0.05, 0.1) is 11.6 Å². The summed E-state index contributed by atoms with van der Waals surface area (Å²) in [6.45, 7) is 6.22. The highest BCUT2D eigenvalue weighted by Crippen LogP contribution is 2.38. The maximum Gasteiger partial charge on any atom is 0.246 e. The number of hydrogen-bond acceptors (Lipinski definition) is 7. The Morgan fingerprint density at radius 1 is 1.18 bits per heavy atom. The van der Waals surface area contributed by atoms with Crippen LogP contribution >= 0.6 is 0 Å². The number of rotatable bonds is 6. The topological polar surface area (TPSA) is 120 Å². The van der Waals surface area contributed by atoms with E-state index in [9.17, 15) is 9.18 Å². The molecule has 0 saturated carbocycles. The lowest BCUT2D eigenvalue weighted by atomic mass is 9.96. The van der Waals surface area contributed by atoms with Gasteiger partial charge in [0.1, 0.15) is 17.5 Å². The first-order chi connectivity index (χ1) is 21.3. The minimum absolute atomic E-state index is 0.0385. The third-order valence-corrected chi connectivity index (χ3v) is 8.61. The van der Waals surface area contributed by atoms with Crippen molar-refractivity contribution in [3.05, 3.63) is 90.7 Å². The molecule has 0 radical (unpaired) electrons. The van der Waals surface area contributed by atoms with Crippen LogP contribution < -0.4 is 11.1 Å². The van der Waals surface area contributed by atoms with E-state index in [4.69, 9.17) is 15.7 Å². The van der Waals surface area contributed by atoms with E-state index >= 15 is 4.39 Å². The Hall–Kier alpha value is -4.97. The fourth-order valence-electron chi connectivity index (χ4n) is 6.49. The molecule has 5 heterocycles. The maximum atomic E-state index is 15.6. The molecule has 4 aromatic heterocycles. The standard InChI is InChI=1S/C32H31F2N9O/c1-3-28(44)41-13-10-20(15-18(41)2)37-29-22-7-6-21(16-19(22)17-24(29)33)43-31(23-5-4-12-36-30(23)35)38-25-8-9-27(39-32(25)43)42-14-11-26(34)40-42/h3-9,11-12,14,16,18,20,24,29,37H,1,10,13,15,17H2,2H3,(H2,35,36)/t18-,20?,24?,29?/m1/s1. The fraction of sp³-hybridized carbons (Fsp3) is 0.281. The zero-order chi connectivity index (χ0) is 30.5. The van der Waals surface area contributed by atoms with Gasteiger partial charge in [0.2, 0.25) is 11.9 Å². The van der Waals surface area contributed by atoms with E-state index in [0.717, 1.165) is 29.7 Å². The van der Waals surface area contributed by atoms with Gasteiger partial charge in [-0.1, -0.05) is 12.6 Å². The van der Waals surface area contributed by atoms with Crippen LogP contribution in [0.25, 0.3) is 34.1 Å². The van der Waals surface area contributed by atoms with Crippen molar-refractivity contribution in [3.8, 4) is 22.9 Å². The summed E-state index contributed by atoms with van der Waals surface area (Å²) >= 11 is 0. The third kappa shape index (κ3) is 4.80. The van der Waals surface area contributed by atoms with Crippen molar-refractivity contribution in [2.45, 2.75) is 50.5 Å². The van der Waals surface area contributed by atoms with Crippen molar-refractivity contribution in [2.75, 3.05) is 12.3 Å². The number of nitrogens with two attached hydrogens (primary N) is 1. The third-order valence-electron chi connectivity index (χ3n) is 8.61. The molecule has 44 heavy (non-hydrogen) atoms. The number of nitrogens with one attached hydrogen (secondary N) is 1. The van der Waals surface area contributed by atoms with Crippen LogP contribution in [-0.4, -0.2) is 64.9 Å². The van der Waals surface area contributed by atoms with Gasteiger partial charge in [-0.2, -0.15) is 4.39 Å².